The highest BCUT2D eigenvalue weighted by atomic mass is 32.2. The first-order chi connectivity index (χ1) is 12.8. The molecule has 1 N–H and O–H groups in total. The Morgan fingerprint density at radius 2 is 1.93 bits per heavy atom. The summed E-state index contributed by atoms with van der Waals surface area (Å²) in [5.41, 5.74) is 1.00. The first-order valence-electron chi connectivity index (χ1n) is 9.66. The van der Waals surface area contributed by atoms with Crippen molar-refractivity contribution in [1.82, 2.24) is 4.90 Å². The number of anilines is 1. The van der Waals surface area contributed by atoms with Gasteiger partial charge < -0.3 is 14.7 Å². The smallest absolute Gasteiger partial charge is 0.280 e. The minimum Gasteiger partial charge on any atom is -0.360 e. The second kappa shape index (κ2) is 8.14. The topological polar surface area (TPSA) is 62.1 Å². The lowest BCUT2D eigenvalue weighted by atomic mass is 10.1. The zero-order chi connectivity index (χ0) is 19.6. The number of sulfone groups is 1. The van der Waals surface area contributed by atoms with Crippen LogP contribution in [0.3, 0.4) is 0 Å². The summed E-state index contributed by atoms with van der Waals surface area (Å²) in [6, 6.07) is 6.13. The summed E-state index contributed by atoms with van der Waals surface area (Å²) < 4.78 is 36.6. The van der Waals surface area contributed by atoms with Crippen molar-refractivity contribution in [1.29, 1.82) is 0 Å². The number of carbonyl (C=O) groups is 1. The van der Waals surface area contributed by atoms with Crippen LogP contribution in [0.1, 0.15) is 20.3 Å². The molecule has 2 atom stereocenters. The lowest BCUT2D eigenvalue weighted by Crippen LogP contribution is -3.19. The highest BCUT2D eigenvalue weighted by Crippen LogP contribution is 2.18. The summed E-state index contributed by atoms with van der Waals surface area (Å²) >= 11 is 0. The van der Waals surface area contributed by atoms with E-state index in [0.29, 0.717) is 13.0 Å². The van der Waals surface area contributed by atoms with Crippen molar-refractivity contribution in [2.24, 2.45) is 0 Å². The van der Waals surface area contributed by atoms with Crippen molar-refractivity contribution >= 4 is 21.4 Å². The van der Waals surface area contributed by atoms with Gasteiger partial charge in [0.05, 0.1) is 37.7 Å². The molecule has 27 heavy (non-hydrogen) atoms. The van der Waals surface area contributed by atoms with E-state index in [1.165, 1.54) is 17.0 Å². The van der Waals surface area contributed by atoms with Gasteiger partial charge in [0.2, 0.25) is 0 Å². The summed E-state index contributed by atoms with van der Waals surface area (Å²) in [5, 5.41) is 0. The molecule has 150 valence electrons. The molecule has 2 saturated heterocycles. The van der Waals surface area contributed by atoms with Crippen molar-refractivity contribution in [3.8, 4) is 0 Å². The van der Waals surface area contributed by atoms with Crippen LogP contribution < -0.4 is 9.80 Å². The summed E-state index contributed by atoms with van der Waals surface area (Å²) in [6.45, 7) is 7.66. The fraction of sp³-hybridized carbons (Fsp3) is 0.632. The number of carbonyl (C=O) groups excluding carboxylic acids is 1. The predicted molar refractivity (Wildman–Crippen MR) is 103 cm³/mol. The molecule has 1 aromatic carbocycles. The summed E-state index contributed by atoms with van der Waals surface area (Å²) in [4.78, 5) is 18.2. The minimum atomic E-state index is -3.01. The van der Waals surface area contributed by atoms with Crippen molar-refractivity contribution in [2.75, 3.05) is 49.1 Å². The molecule has 6 nitrogen and oxygen atoms in total. The molecule has 1 aromatic rings. The van der Waals surface area contributed by atoms with E-state index in [9.17, 15) is 17.6 Å². The van der Waals surface area contributed by atoms with Gasteiger partial charge in [-0.1, -0.05) is 0 Å². The zero-order valence-electron chi connectivity index (χ0n) is 16.0. The number of amides is 1. The molecule has 3 rings (SSSR count). The van der Waals surface area contributed by atoms with E-state index in [1.54, 1.807) is 17.0 Å². The third-order valence-corrected chi connectivity index (χ3v) is 7.60. The Morgan fingerprint density at radius 1 is 1.30 bits per heavy atom. The second-order valence-electron chi connectivity index (χ2n) is 7.52. The molecule has 0 aliphatic carbocycles. The number of hydrogen-bond donors (Lipinski definition) is 1. The van der Waals surface area contributed by atoms with Gasteiger partial charge in [0.15, 0.2) is 15.9 Å². The van der Waals surface area contributed by atoms with Gasteiger partial charge in [-0.3, -0.25) is 4.79 Å². The van der Waals surface area contributed by atoms with E-state index >= 15 is 0 Å². The second-order valence-corrected chi connectivity index (χ2v) is 9.75. The SMILES string of the molecule is CCN(C(=O)[C@H](C)[NH+]1CCN(c2ccc(F)cc2)CC1)[C@H]1CCS(=O)(=O)C1. The molecule has 8 heteroatoms. The normalized spacial score (nSPS) is 24.0. The molecular formula is C19H29FN3O3S+. The van der Waals surface area contributed by atoms with Crippen LogP contribution in [0.5, 0.6) is 0 Å². The number of hydrogen-bond acceptors (Lipinski definition) is 4. The molecule has 2 aliphatic rings. The van der Waals surface area contributed by atoms with Crippen molar-refractivity contribution in [2.45, 2.75) is 32.4 Å². The first-order valence-corrected chi connectivity index (χ1v) is 11.5. The zero-order valence-corrected chi connectivity index (χ0v) is 16.8. The Balaban J connectivity index is 1.58. The molecule has 0 radical (unpaired) electrons. The summed E-state index contributed by atoms with van der Waals surface area (Å²) in [6.07, 6.45) is 0.544. The van der Waals surface area contributed by atoms with Gasteiger partial charge in [0.25, 0.3) is 5.91 Å². The predicted octanol–water partition coefficient (Wildman–Crippen LogP) is -0.0453. The molecule has 2 fully saturated rings. The third-order valence-electron chi connectivity index (χ3n) is 5.85. The quantitative estimate of drug-likeness (QED) is 0.756. The van der Waals surface area contributed by atoms with Crippen LogP contribution >= 0.6 is 0 Å². The largest absolute Gasteiger partial charge is 0.360 e. The van der Waals surface area contributed by atoms with E-state index in [4.69, 9.17) is 0 Å². The molecule has 1 amide bonds. The van der Waals surface area contributed by atoms with E-state index in [0.717, 1.165) is 31.9 Å². The van der Waals surface area contributed by atoms with Crippen LogP contribution in [0, 0.1) is 5.82 Å². The molecule has 0 aromatic heterocycles. The highest BCUT2D eigenvalue weighted by Gasteiger charge is 2.38. The molecular weight excluding hydrogens is 369 g/mol. The molecule has 0 spiro atoms. The maximum atomic E-state index is 13.1. The number of likely N-dealkylation sites (N-methyl/N-ethyl adjacent to an activating group) is 1. The monoisotopic (exact) mass is 398 g/mol. The Kier molecular flexibility index (Phi) is 6.05. The molecule has 2 heterocycles. The molecule has 0 saturated carbocycles. The number of benzene rings is 1. The summed E-state index contributed by atoms with van der Waals surface area (Å²) in [5.74, 6) is 0.0760. The van der Waals surface area contributed by atoms with Crippen molar-refractivity contribution < 1.29 is 22.5 Å². The van der Waals surface area contributed by atoms with E-state index in [2.05, 4.69) is 4.90 Å². The highest BCUT2D eigenvalue weighted by molar-refractivity contribution is 7.91. The van der Waals surface area contributed by atoms with Crippen molar-refractivity contribution in [3.63, 3.8) is 0 Å². The van der Waals surface area contributed by atoms with Crippen LogP contribution in [-0.4, -0.2) is 75.5 Å². The van der Waals surface area contributed by atoms with E-state index in [1.807, 2.05) is 13.8 Å². The minimum absolute atomic E-state index is 0.0461. The van der Waals surface area contributed by atoms with Crippen molar-refractivity contribution in [3.05, 3.63) is 30.1 Å². The van der Waals surface area contributed by atoms with E-state index < -0.39 is 9.84 Å². The lowest BCUT2D eigenvalue weighted by Gasteiger charge is -2.38. The van der Waals surface area contributed by atoms with Gasteiger partial charge in [0, 0.05) is 18.3 Å². The standard InChI is InChI=1S/C19H28FN3O3S/c1-3-23(18-8-13-27(25,26)14-18)19(24)15(2)21-9-11-22(12-10-21)17-6-4-16(20)5-7-17/h4-7,15,18H,3,8-14H2,1-2H3/p+1/t15-,18-/m0/s1. The lowest BCUT2D eigenvalue weighted by molar-refractivity contribution is -0.915. The van der Waals surface area contributed by atoms with Gasteiger partial charge in [-0.2, -0.15) is 0 Å². The number of rotatable bonds is 5. The van der Waals surface area contributed by atoms with Crippen LogP contribution in [0.4, 0.5) is 10.1 Å². The summed E-state index contributed by atoms with van der Waals surface area (Å²) in [7, 11) is -3.01. The number of nitrogens with one attached hydrogen (secondary N) is 1. The van der Waals surface area contributed by atoms with Crippen LogP contribution in [0.2, 0.25) is 0 Å². The van der Waals surface area contributed by atoms with Gasteiger partial charge in [-0.25, -0.2) is 12.8 Å². The average Bonchev–Trinajstić information content (AvgIpc) is 3.02. The Bertz CT molecular complexity index is 761. The van der Waals surface area contributed by atoms with Gasteiger partial charge in [-0.15, -0.1) is 0 Å². The first kappa shape index (κ1) is 20.1. The number of halogens is 1. The van der Waals surface area contributed by atoms with Crippen LogP contribution in [0.25, 0.3) is 0 Å². The van der Waals surface area contributed by atoms with Gasteiger partial charge in [0.1, 0.15) is 5.82 Å². The fourth-order valence-corrected chi connectivity index (χ4v) is 5.91. The Morgan fingerprint density at radius 3 is 2.44 bits per heavy atom. The maximum Gasteiger partial charge on any atom is 0.280 e. The molecule has 2 aliphatic heterocycles. The molecule has 0 unspecified atom stereocenters. The number of piperazine rings is 1. The maximum absolute atomic E-state index is 13.1. The third kappa shape index (κ3) is 4.60. The van der Waals surface area contributed by atoms with E-state index in [-0.39, 0.29) is 35.3 Å². The Labute approximate surface area is 160 Å². The molecule has 0 bridgehead atoms. The van der Waals surface area contributed by atoms with Gasteiger partial charge >= 0.3 is 0 Å². The number of quaternary nitrogens is 1. The Hall–Kier alpha value is -1.67. The number of nitrogens with zero attached hydrogens (tertiary/aromatic N) is 2. The van der Waals surface area contributed by atoms with Gasteiger partial charge in [-0.05, 0) is 44.5 Å². The van der Waals surface area contributed by atoms with Crippen LogP contribution in [0.15, 0.2) is 24.3 Å². The average molecular weight is 399 g/mol. The van der Waals surface area contributed by atoms with Crippen LogP contribution in [-0.2, 0) is 14.6 Å². The fourth-order valence-electron chi connectivity index (χ4n) is 4.18.